The number of nitrogens with one attached hydrogen (secondary N) is 2. The van der Waals surface area contributed by atoms with Gasteiger partial charge >= 0.3 is 24.1 Å². The minimum atomic E-state index is -5.08. The lowest BCUT2D eigenvalue weighted by Crippen LogP contribution is -2.48. The van der Waals surface area contributed by atoms with E-state index in [1.54, 1.807) is 12.3 Å². The van der Waals surface area contributed by atoms with Crippen molar-refractivity contribution in [1.29, 1.82) is 0 Å². The van der Waals surface area contributed by atoms with Crippen LogP contribution < -0.4 is 16.4 Å². The van der Waals surface area contributed by atoms with Crippen molar-refractivity contribution in [3.8, 4) is 11.1 Å². The Hall–Kier alpha value is -5.89. The number of nitrogens with two attached hydrogens (primary N) is 1. The Morgan fingerprint density at radius 2 is 1.52 bits per heavy atom. The van der Waals surface area contributed by atoms with Gasteiger partial charge in [-0.2, -0.15) is 13.2 Å². The summed E-state index contributed by atoms with van der Waals surface area (Å²) in [5.41, 5.74) is 7.36. The largest absolute Gasteiger partial charge is 0.490 e. The van der Waals surface area contributed by atoms with E-state index in [4.69, 9.17) is 20.7 Å². The first-order valence-electron chi connectivity index (χ1n) is 17.6. The smallest absolute Gasteiger partial charge is 0.481 e. The topological polar surface area (TPSA) is 242 Å². The number of carboxylic acids is 3. The lowest BCUT2D eigenvalue weighted by atomic mass is 9.82. The van der Waals surface area contributed by atoms with Crippen LogP contribution in [0, 0.1) is 17.0 Å². The van der Waals surface area contributed by atoms with Gasteiger partial charge in [0, 0.05) is 55.5 Å². The summed E-state index contributed by atoms with van der Waals surface area (Å²) in [6, 6.07) is 10.9. The van der Waals surface area contributed by atoms with Gasteiger partial charge in [-0.15, -0.1) is 0 Å². The zero-order valence-corrected chi connectivity index (χ0v) is 31.8. The first-order chi connectivity index (χ1) is 27.0. The number of benzene rings is 2. The van der Waals surface area contributed by atoms with Gasteiger partial charge in [0.1, 0.15) is 24.3 Å². The molecule has 0 aliphatic rings. The normalized spacial score (nSPS) is 12.9. The number of carbonyl (C=O) groups excluding carboxylic acids is 3. The number of carboxylic acid groups (broad SMARTS) is 3. The third kappa shape index (κ3) is 15.2. The Kier molecular flexibility index (Phi) is 18.0. The first kappa shape index (κ1) is 48.3. The van der Waals surface area contributed by atoms with Gasteiger partial charge in [0.25, 0.3) is 0 Å². The van der Waals surface area contributed by atoms with Crippen LogP contribution in [-0.2, 0) is 35.3 Å². The van der Waals surface area contributed by atoms with E-state index in [0.717, 1.165) is 23.8 Å². The van der Waals surface area contributed by atoms with Crippen LogP contribution in [0.25, 0.3) is 11.1 Å². The molecule has 2 aromatic carbocycles. The molecule has 0 fully saturated rings. The third-order valence-electron chi connectivity index (χ3n) is 8.42. The fourth-order valence-electron chi connectivity index (χ4n) is 5.73. The molecule has 1 aromatic heterocycles. The molecule has 0 bridgehead atoms. The summed E-state index contributed by atoms with van der Waals surface area (Å²) < 4.78 is 62.8. The van der Waals surface area contributed by atoms with E-state index < -0.39 is 90.0 Å². The van der Waals surface area contributed by atoms with E-state index in [9.17, 15) is 56.1 Å². The molecule has 0 aliphatic heterocycles. The van der Waals surface area contributed by atoms with Crippen LogP contribution in [0.1, 0.15) is 63.8 Å². The van der Waals surface area contributed by atoms with Crippen LogP contribution in [0.2, 0.25) is 0 Å². The van der Waals surface area contributed by atoms with E-state index in [-0.39, 0.29) is 37.9 Å². The van der Waals surface area contributed by atoms with E-state index in [2.05, 4.69) is 10.6 Å². The Morgan fingerprint density at radius 3 is 2.05 bits per heavy atom. The predicted octanol–water partition coefficient (Wildman–Crippen LogP) is 3.68. The highest BCUT2D eigenvalue weighted by Gasteiger charge is 2.39. The predicted molar refractivity (Wildman–Crippen MR) is 197 cm³/mol. The molecule has 20 heteroatoms. The second-order valence-electron chi connectivity index (χ2n) is 14.0. The Balaban J connectivity index is 0.00000151. The van der Waals surface area contributed by atoms with Gasteiger partial charge in [0.15, 0.2) is 0 Å². The van der Waals surface area contributed by atoms with Crippen molar-refractivity contribution in [1.82, 2.24) is 20.1 Å². The number of alkyl halides is 3. The molecule has 15 nitrogen and oxygen atoms in total. The fourth-order valence-corrected chi connectivity index (χ4v) is 5.73. The summed E-state index contributed by atoms with van der Waals surface area (Å²) in [6.45, 7) is 4.84. The van der Waals surface area contributed by atoms with Gasteiger partial charge in [0.2, 0.25) is 17.7 Å². The Morgan fingerprint density at radius 1 is 0.897 bits per heavy atom. The number of aliphatic carboxylic acids is 3. The zero-order valence-electron chi connectivity index (χ0n) is 31.8. The first-order valence-corrected chi connectivity index (χ1v) is 17.6. The van der Waals surface area contributed by atoms with Gasteiger partial charge in [0.05, 0.1) is 12.1 Å². The second kappa shape index (κ2) is 21.6. The number of nitrogens with zero attached hydrogens (tertiary/aromatic N) is 2. The van der Waals surface area contributed by atoms with Crippen molar-refractivity contribution in [3.05, 3.63) is 83.7 Å². The van der Waals surface area contributed by atoms with E-state index >= 15 is 0 Å². The Labute approximate surface area is 329 Å². The van der Waals surface area contributed by atoms with E-state index in [1.165, 1.54) is 4.90 Å². The maximum absolute atomic E-state index is 15.0. The van der Waals surface area contributed by atoms with E-state index in [1.807, 2.05) is 55.7 Å². The van der Waals surface area contributed by atoms with Gasteiger partial charge in [-0.1, -0.05) is 51.1 Å². The van der Waals surface area contributed by atoms with Crippen LogP contribution in [-0.4, -0.2) is 103 Å². The summed E-state index contributed by atoms with van der Waals surface area (Å²) in [6.07, 6.45) is -4.53. The third-order valence-corrected chi connectivity index (χ3v) is 8.42. The summed E-state index contributed by atoms with van der Waals surface area (Å²) in [5, 5.41) is 39.9. The van der Waals surface area contributed by atoms with Crippen LogP contribution in [0.15, 0.2) is 60.8 Å². The molecule has 3 amide bonds. The number of aliphatic hydroxyl groups excluding tert-OH is 1. The summed E-state index contributed by atoms with van der Waals surface area (Å²) in [7, 11) is 0. The Bertz CT molecular complexity index is 1900. The van der Waals surface area contributed by atoms with Crippen molar-refractivity contribution < 1.29 is 71.1 Å². The lowest BCUT2D eigenvalue weighted by molar-refractivity contribution is -0.192. The second-order valence-corrected chi connectivity index (χ2v) is 14.0. The van der Waals surface area contributed by atoms with Crippen molar-refractivity contribution in [3.63, 3.8) is 0 Å². The van der Waals surface area contributed by atoms with Crippen LogP contribution in [0.5, 0.6) is 0 Å². The highest BCUT2D eigenvalue weighted by Crippen LogP contribution is 2.41. The SMILES string of the molecule is CC(C)(C)[C@H](c1cc(-c2cc(F)ccc2F)cn1Cc1ccccc1)N(CC[C@H](N)C(=O)NCCC(=O)N[C@@H](CCC(=O)O)C(=O)O)C(=O)CO.O=C(O)C(F)(F)F. The van der Waals surface area contributed by atoms with Crippen molar-refractivity contribution in [2.45, 2.75) is 77.3 Å². The molecule has 58 heavy (non-hydrogen) atoms. The van der Waals surface area contributed by atoms with Crippen LogP contribution >= 0.6 is 0 Å². The summed E-state index contributed by atoms with van der Waals surface area (Å²) >= 11 is 0. The molecule has 318 valence electrons. The molecule has 0 radical (unpaired) electrons. The number of aromatic nitrogens is 1. The number of rotatable bonds is 18. The zero-order chi connectivity index (χ0) is 44.0. The number of hydrogen-bond donors (Lipinski definition) is 7. The highest BCUT2D eigenvalue weighted by molar-refractivity contribution is 5.85. The summed E-state index contributed by atoms with van der Waals surface area (Å²) in [5.74, 6) is -8.64. The number of hydrogen-bond acceptors (Lipinski definition) is 8. The highest BCUT2D eigenvalue weighted by atomic mass is 19.4. The molecule has 0 spiro atoms. The average molecular weight is 828 g/mol. The van der Waals surface area contributed by atoms with Gasteiger partial charge in [-0.3, -0.25) is 19.2 Å². The van der Waals surface area contributed by atoms with Gasteiger partial charge in [-0.05, 0) is 48.1 Å². The van der Waals surface area contributed by atoms with Crippen molar-refractivity contribution >= 4 is 35.6 Å². The lowest BCUT2D eigenvalue weighted by Gasteiger charge is -2.41. The summed E-state index contributed by atoms with van der Waals surface area (Å²) in [4.78, 5) is 70.9. The van der Waals surface area contributed by atoms with Crippen LogP contribution in [0.3, 0.4) is 0 Å². The number of aliphatic hydroxyl groups is 1. The van der Waals surface area contributed by atoms with Crippen molar-refractivity contribution in [2.24, 2.45) is 11.1 Å². The van der Waals surface area contributed by atoms with Gasteiger partial charge < -0.3 is 46.3 Å². The minimum absolute atomic E-state index is 0.0295. The van der Waals surface area contributed by atoms with Crippen molar-refractivity contribution in [2.75, 3.05) is 19.7 Å². The van der Waals surface area contributed by atoms with E-state index in [0.29, 0.717) is 17.8 Å². The molecule has 3 atom stereocenters. The quantitative estimate of drug-likeness (QED) is 0.0913. The maximum atomic E-state index is 15.0. The molecular formula is C38H46F5N5O10. The number of halogens is 5. The fraction of sp³-hybridized carbons (Fsp3) is 0.421. The average Bonchev–Trinajstić information content (AvgIpc) is 3.53. The molecule has 1 heterocycles. The number of carbonyl (C=O) groups is 6. The molecule has 0 saturated carbocycles. The standard InChI is InChI=1S/C36H45F2N5O8.C2HF3O2/c1-36(2,3)33(29-17-23(25-18-24(37)9-10-26(25)38)20-42(29)19-22-7-5-4-6-8-22)43(31(46)21-44)16-14-27(39)34(49)40-15-13-30(45)41-28(35(50)51)11-12-32(47)48;3-2(4,5)1(6)7/h4-10,17-18,20,27-28,33,44H,11-16,19,21,39H2,1-3H3,(H,40,49)(H,41,45)(H,47,48)(H,50,51);(H,6,7)/t27-,28-,33-;/m0./s1. The molecule has 8 N–H and O–H groups in total. The minimum Gasteiger partial charge on any atom is -0.481 e. The molecular weight excluding hydrogens is 781 g/mol. The van der Waals surface area contributed by atoms with Gasteiger partial charge in [-0.25, -0.2) is 18.4 Å². The molecule has 0 saturated heterocycles. The molecule has 3 rings (SSSR count). The molecule has 0 aliphatic carbocycles. The molecule has 0 unspecified atom stereocenters. The maximum Gasteiger partial charge on any atom is 0.490 e. The monoisotopic (exact) mass is 827 g/mol. The van der Waals surface area contributed by atoms with Crippen LogP contribution in [0.4, 0.5) is 22.0 Å². The number of amides is 3. The molecule has 3 aromatic rings.